The molecule has 0 unspecified atom stereocenters. The second-order valence-electron chi connectivity index (χ2n) is 5.68. The molecule has 0 saturated carbocycles. The van der Waals surface area contributed by atoms with E-state index >= 15 is 0 Å². The number of aromatic nitrogens is 5. The second-order valence-corrected chi connectivity index (χ2v) is 6.97. The molecule has 0 aliphatic carbocycles. The molecule has 0 bridgehead atoms. The molecule has 0 aromatic carbocycles. The highest BCUT2D eigenvalue weighted by Gasteiger charge is 2.12. The third-order valence-electron chi connectivity index (χ3n) is 3.48. The summed E-state index contributed by atoms with van der Waals surface area (Å²) >= 11 is 1.70. The number of anilines is 1. The summed E-state index contributed by atoms with van der Waals surface area (Å²) in [6, 6.07) is 4.14. The van der Waals surface area contributed by atoms with E-state index in [4.69, 9.17) is 0 Å². The molecule has 0 aliphatic heterocycles. The van der Waals surface area contributed by atoms with Gasteiger partial charge in [0, 0.05) is 17.6 Å². The number of aryl methyl sites for hydroxylation is 3. The zero-order valence-corrected chi connectivity index (χ0v) is 14.8. The molecule has 3 aromatic rings. The van der Waals surface area contributed by atoms with Crippen molar-refractivity contribution < 1.29 is 4.79 Å². The number of carbonyl (C=O) groups excluding carboxylic acids is 1. The molecule has 0 atom stereocenters. The minimum Gasteiger partial charge on any atom is -0.306 e. The third kappa shape index (κ3) is 3.70. The van der Waals surface area contributed by atoms with Crippen molar-refractivity contribution in [2.75, 3.05) is 5.32 Å². The lowest BCUT2D eigenvalue weighted by Gasteiger charge is -2.01. The standard InChI is InChI=1S/C16H20N6OS/c1-4-7-21-9-14(18-20-21)17-15(23)10-22-8-11(2)16(19-22)13-6-5-12(3)24-13/h5-6,8-9H,4,7,10H2,1-3H3,(H,17,23). The van der Waals surface area contributed by atoms with Crippen molar-refractivity contribution in [3.63, 3.8) is 0 Å². The van der Waals surface area contributed by atoms with Crippen LogP contribution in [0.5, 0.6) is 0 Å². The van der Waals surface area contributed by atoms with E-state index < -0.39 is 0 Å². The Labute approximate surface area is 144 Å². The molecule has 0 aliphatic rings. The molecule has 24 heavy (non-hydrogen) atoms. The number of rotatable bonds is 6. The summed E-state index contributed by atoms with van der Waals surface area (Å²) in [6.07, 6.45) is 4.59. The molecule has 0 radical (unpaired) electrons. The number of thiophene rings is 1. The van der Waals surface area contributed by atoms with Gasteiger partial charge in [0.1, 0.15) is 12.2 Å². The van der Waals surface area contributed by atoms with Crippen LogP contribution >= 0.6 is 11.3 Å². The minimum absolute atomic E-state index is 0.145. The Balaban J connectivity index is 1.66. The highest BCUT2D eigenvalue weighted by atomic mass is 32.1. The molecule has 1 N–H and O–H groups in total. The van der Waals surface area contributed by atoms with Gasteiger partial charge < -0.3 is 5.32 Å². The zero-order valence-electron chi connectivity index (χ0n) is 14.0. The van der Waals surface area contributed by atoms with Crippen molar-refractivity contribution in [2.24, 2.45) is 0 Å². The molecule has 0 fully saturated rings. The van der Waals surface area contributed by atoms with Crippen molar-refractivity contribution in [3.05, 3.63) is 35.0 Å². The molecular formula is C16H20N6OS. The van der Waals surface area contributed by atoms with E-state index in [0.29, 0.717) is 5.82 Å². The Bertz CT molecular complexity index is 847. The van der Waals surface area contributed by atoms with Crippen molar-refractivity contribution in [1.29, 1.82) is 0 Å². The van der Waals surface area contributed by atoms with Gasteiger partial charge in [-0.15, -0.1) is 16.4 Å². The largest absolute Gasteiger partial charge is 0.306 e. The molecule has 3 aromatic heterocycles. The van der Waals surface area contributed by atoms with Crippen molar-refractivity contribution in [2.45, 2.75) is 40.3 Å². The van der Waals surface area contributed by atoms with Gasteiger partial charge in [-0.3, -0.25) is 14.2 Å². The first kappa shape index (κ1) is 16.4. The van der Waals surface area contributed by atoms with Crippen molar-refractivity contribution in [3.8, 4) is 10.6 Å². The summed E-state index contributed by atoms with van der Waals surface area (Å²) in [5.41, 5.74) is 1.98. The van der Waals surface area contributed by atoms with Crippen LogP contribution in [0.3, 0.4) is 0 Å². The van der Waals surface area contributed by atoms with E-state index in [9.17, 15) is 4.79 Å². The van der Waals surface area contributed by atoms with Crippen LogP contribution in [-0.4, -0.2) is 30.7 Å². The molecule has 126 valence electrons. The predicted octanol–water partition coefficient (Wildman–Crippen LogP) is 2.87. The fourth-order valence-electron chi connectivity index (χ4n) is 2.43. The Hall–Kier alpha value is -2.48. The van der Waals surface area contributed by atoms with Gasteiger partial charge in [-0.05, 0) is 38.0 Å². The maximum atomic E-state index is 12.2. The van der Waals surface area contributed by atoms with Gasteiger partial charge in [0.05, 0.1) is 11.1 Å². The first-order chi connectivity index (χ1) is 11.5. The van der Waals surface area contributed by atoms with Crippen molar-refractivity contribution >= 4 is 23.1 Å². The van der Waals surface area contributed by atoms with E-state index in [1.807, 2.05) is 13.1 Å². The van der Waals surface area contributed by atoms with E-state index in [0.717, 1.165) is 29.1 Å². The molecule has 3 rings (SSSR count). The average Bonchev–Trinajstić information content (AvgIpc) is 3.21. The van der Waals surface area contributed by atoms with Crippen LogP contribution in [0.15, 0.2) is 24.5 Å². The topological polar surface area (TPSA) is 77.6 Å². The molecule has 0 spiro atoms. The van der Waals surface area contributed by atoms with Gasteiger partial charge >= 0.3 is 0 Å². The first-order valence-corrected chi connectivity index (χ1v) is 8.67. The summed E-state index contributed by atoms with van der Waals surface area (Å²) in [7, 11) is 0. The molecule has 1 amide bonds. The maximum absolute atomic E-state index is 12.2. The zero-order chi connectivity index (χ0) is 17.1. The Morgan fingerprint density at radius 3 is 2.79 bits per heavy atom. The van der Waals surface area contributed by atoms with Gasteiger partial charge in [0.25, 0.3) is 0 Å². The van der Waals surface area contributed by atoms with Gasteiger partial charge in [-0.25, -0.2) is 0 Å². The number of hydrogen-bond donors (Lipinski definition) is 1. The average molecular weight is 344 g/mol. The van der Waals surface area contributed by atoms with Gasteiger partial charge in [0.15, 0.2) is 5.82 Å². The Morgan fingerprint density at radius 1 is 1.25 bits per heavy atom. The fraction of sp³-hybridized carbons (Fsp3) is 0.375. The van der Waals surface area contributed by atoms with E-state index in [1.165, 1.54) is 4.88 Å². The minimum atomic E-state index is -0.171. The van der Waals surface area contributed by atoms with Crippen LogP contribution in [0.1, 0.15) is 23.8 Å². The first-order valence-electron chi connectivity index (χ1n) is 7.86. The lowest BCUT2D eigenvalue weighted by atomic mass is 10.2. The molecule has 3 heterocycles. The van der Waals surface area contributed by atoms with E-state index in [2.05, 4.69) is 46.7 Å². The van der Waals surface area contributed by atoms with Crippen LogP contribution in [0, 0.1) is 13.8 Å². The highest BCUT2D eigenvalue weighted by Crippen LogP contribution is 2.28. The smallest absolute Gasteiger partial charge is 0.247 e. The number of nitrogens with zero attached hydrogens (tertiary/aromatic N) is 5. The quantitative estimate of drug-likeness (QED) is 0.746. The van der Waals surface area contributed by atoms with Crippen LogP contribution in [0.2, 0.25) is 0 Å². The highest BCUT2D eigenvalue weighted by molar-refractivity contribution is 7.15. The summed E-state index contributed by atoms with van der Waals surface area (Å²) in [6.45, 7) is 7.06. The molecule has 7 nitrogen and oxygen atoms in total. The summed E-state index contributed by atoms with van der Waals surface area (Å²) < 4.78 is 3.37. The molecule has 8 heteroatoms. The van der Waals surface area contributed by atoms with Crippen LogP contribution in [0.25, 0.3) is 10.6 Å². The summed E-state index contributed by atoms with van der Waals surface area (Å²) in [5.74, 6) is 0.293. The van der Waals surface area contributed by atoms with Crippen molar-refractivity contribution in [1.82, 2.24) is 24.8 Å². The third-order valence-corrected chi connectivity index (χ3v) is 4.49. The normalized spacial score (nSPS) is 11.0. The molecular weight excluding hydrogens is 324 g/mol. The monoisotopic (exact) mass is 344 g/mol. The van der Waals surface area contributed by atoms with Gasteiger partial charge in [-0.1, -0.05) is 12.1 Å². The Morgan fingerprint density at radius 2 is 2.08 bits per heavy atom. The van der Waals surface area contributed by atoms with E-state index in [1.54, 1.807) is 26.9 Å². The van der Waals surface area contributed by atoms with E-state index in [-0.39, 0.29) is 12.5 Å². The lowest BCUT2D eigenvalue weighted by molar-refractivity contribution is -0.116. The number of nitrogens with one attached hydrogen (secondary N) is 1. The SMILES string of the molecule is CCCn1cc(NC(=O)Cn2cc(C)c(-c3ccc(C)s3)n2)nn1. The number of amides is 1. The fourth-order valence-corrected chi connectivity index (χ4v) is 3.35. The Kier molecular flexibility index (Phi) is 4.75. The van der Waals surface area contributed by atoms with Gasteiger partial charge in [0.2, 0.25) is 5.91 Å². The summed E-state index contributed by atoms with van der Waals surface area (Å²) in [5, 5.41) is 15.2. The predicted molar refractivity (Wildman–Crippen MR) is 94.0 cm³/mol. The van der Waals surface area contributed by atoms with Crippen LogP contribution in [0.4, 0.5) is 5.82 Å². The summed E-state index contributed by atoms with van der Waals surface area (Å²) in [4.78, 5) is 14.5. The van der Waals surface area contributed by atoms with Crippen LogP contribution in [-0.2, 0) is 17.9 Å². The number of hydrogen-bond acceptors (Lipinski definition) is 5. The molecule has 0 saturated heterocycles. The van der Waals surface area contributed by atoms with Crippen LogP contribution < -0.4 is 5.32 Å². The number of carbonyl (C=O) groups is 1. The second kappa shape index (κ2) is 6.96. The lowest BCUT2D eigenvalue weighted by Crippen LogP contribution is -2.19. The maximum Gasteiger partial charge on any atom is 0.247 e. The van der Waals surface area contributed by atoms with Gasteiger partial charge in [-0.2, -0.15) is 5.10 Å².